The van der Waals surface area contributed by atoms with E-state index in [0.29, 0.717) is 18.8 Å². The van der Waals surface area contributed by atoms with Gasteiger partial charge < -0.3 is 10.5 Å². The van der Waals surface area contributed by atoms with E-state index in [1.807, 2.05) is 6.92 Å². The van der Waals surface area contributed by atoms with Crippen LogP contribution < -0.4 is 10.5 Å². The zero-order chi connectivity index (χ0) is 8.97. The lowest BCUT2D eigenvalue weighted by atomic mass is 10.4. The summed E-state index contributed by atoms with van der Waals surface area (Å²) in [4.78, 5) is 17.7. The molecule has 0 spiro atoms. The van der Waals surface area contributed by atoms with Crippen molar-refractivity contribution in [1.82, 2.24) is 9.97 Å². The fraction of sp³-hybridized carbons (Fsp3) is 0.286. The highest BCUT2D eigenvalue weighted by molar-refractivity contribution is 5.72. The van der Waals surface area contributed by atoms with E-state index in [1.54, 1.807) is 0 Å². The first-order chi connectivity index (χ1) is 5.76. The maximum absolute atomic E-state index is 10.3. The predicted octanol–water partition coefficient (Wildman–Crippen LogP) is 0.270. The van der Waals surface area contributed by atoms with E-state index < -0.39 is 0 Å². The summed E-state index contributed by atoms with van der Waals surface area (Å²) < 4.78 is 5.04. The van der Waals surface area contributed by atoms with Crippen LogP contribution in [-0.2, 0) is 0 Å². The van der Waals surface area contributed by atoms with Crippen LogP contribution in [0.2, 0.25) is 0 Å². The molecular formula is C7H9N3O2. The smallest absolute Gasteiger partial charge is 0.223 e. The van der Waals surface area contributed by atoms with Crippen molar-refractivity contribution in [2.75, 3.05) is 12.3 Å². The van der Waals surface area contributed by atoms with Gasteiger partial charge in [0.25, 0.3) is 0 Å². The molecule has 0 aliphatic carbocycles. The quantitative estimate of drug-likeness (QED) is 0.654. The van der Waals surface area contributed by atoms with Crippen LogP contribution in [0.4, 0.5) is 5.95 Å². The summed E-state index contributed by atoms with van der Waals surface area (Å²) in [5, 5.41) is 0. The van der Waals surface area contributed by atoms with E-state index in [9.17, 15) is 4.79 Å². The molecule has 0 radical (unpaired) electrons. The number of hydrogen-bond acceptors (Lipinski definition) is 5. The van der Waals surface area contributed by atoms with Crippen molar-refractivity contribution in [3.05, 3.63) is 11.8 Å². The van der Waals surface area contributed by atoms with Crippen LogP contribution in [0.3, 0.4) is 0 Å². The van der Waals surface area contributed by atoms with Gasteiger partial charge in [0.1, 0.15) is 5.69 Å². The number of aromatic nitrogens is 2. The normalized spacial score (nSPS) is 9.42. The maximum atomic E-state index is 10.3. The number of nitrogen functional groups attached to an aromatic ring is 1. The van der Waals surface area contributed by atoms with Gasteiger partial charge in [0.15, 0.2) is 6.29 Å². The third-order valence-electron chi connectivity index (χ3n) is 1.15. The molecule has 0 aromatic carbocycles. The number of aldehydes is 1. The van der Waals surface area contributed by atoms with Gasteiger partial charge >= 0.3 is 0 Å². The van der Waals surface area contributed by atoms with Crippen molar-refractivity contribution in [3.63, 3.8) is 0 Å². The van der Waals surface area contributed by atoms with Gasteiger partial charge in [-0.15, -0.1) is 0 Å². The number of ether oxygens (including phenoxy) is 1. The average molecular weight is 167 g/mol. The van der Waals surface area contributed by atoms with E-state index in [2.05, 4.69) is 9.97 Å². The molecule has 0 aliphatic heterocycles. The Bertz CT molecular complexity index is 288. The number of carbonyl (C=O) groups is 1. The second-order valence-corrected chi connectivity index (χ2v) is 2.04. The van der Waals surface area contributed by atoms with Crippen molar-refractivity contribution in [3.8, 4) is 5.88 Å². The third-order valence-corrected chi connectivity index (χ3v) is 1.15. The Hall–Kier alpha value is -1.65. The number of nitrogens with zero attached hydrogens (tertiary/aromatic N) is 2. The minimum absolute atomic E-state index is 0.0445. The third kappa shape index (κ3) is 1.91. The summed E-state index contributed by atoms with van der Waals surface area (Å²) in [7, 11) is 0. The highest BCUT2D eigenvalue weighted by atomic mass is 16.5. The van der Waals surface area contributed by atoms with Gasteiger partial charge in [-0.25, -0.2) is 4.98 Å². The van der Waals surface area contributed by atoms with Crippen LogP contribution in [0, 0.1) is 0 Å². The lowest BCUT2D eigenvalue weighted by Gasteiger charge is -2.01. The summed E-state index contributed by atoms with van der Waals surface area (Å²) in [6.07, 6.45) is 0.598. The first kappa shape index (κ1) is 8.45. The number of carbonyl (C=O) groups excluding carboxylic acids is 1. The molecule has 0 unspecified atom stereocenters. The molecule has 0 atom stereocenters. The molecule has 0 aliphatic rings. The molecule has 1 aromatic rings. The molecule has 5 nitrogen and oxygen atoms in total. The van der Waals surface area contributed by atoms with Crippen LogP contribution in [0.5, 0.6) is 5.88 Å². The molecule has 0 saturated carbocycles. The van der Waals surface area contributed by atoms with Crippen molar-refractivity contribution >= 4 is 12.2 Å². The van der Waals surface area contributed by atoms with Gasteiger partial charge in [-0.05, 0) is 6.92 Å². The Morgan fingerprint density at radius 1 is 1.67 bits per heavy atom. The SMILES string of the molecule is CCOc1cc(C=O)nc(N)n1. The zero-order valence-corrected chi connectivity index (χ0v) is 6.65. The lowest BCUT2D eigenvalue weighted by Crippen LogP contribution is -2.02. The molecule has 0 amide bonds. The van der Waals surface area contributed by atoms with Crippen LogP contribution in [0.25, 0.3) is 0 Å². The number of rotatable bonds is 3. The fourth-order valence-corrected chi connectivity index (χ4v) is 0.743. The Morgan fingerprint density at radius 2 is 2.42 bits per heavy atom. The van der Waals surface area contributed by atoms with E-state index >= 15 is 0 Å². The first-order valence-electron chi connectivity index (χ1n) is 3.48. The number of hydrogen-bond donors (Lipinski definition) is 1. The molecule has 12 heavy (non-hydrogen) atoms. The van der Waals surface area contributed by atoms with E-state index in [1.165, 1.54) is 6.07 Å². The Kier molecular flexibility index (Phi) is 2.57. The molecule has 2 N–H and O–H groups in total. The molecule has 1 rings (SSSR count). The molecule has 5 heteroatoms. The minimum atomic E-state index is 0.0445. The predicted molar refractivity (Wildman–Crippen MR) is 43.0 cm³/mol. The molecule has 0 fully saturated rings. The Balaban J connectivity index is 2.97. The highest BCUT2D eigenvalue weighted by Gasteiger charge is 2.00. The summed E-state index contributed by atoms with van der Waals surface area (Å²) >= 11 is 0. The van der Waals surface area contributed by atoms with Gasteiger partial charge in [0, 0.05) is 6.07 Å². The standard InChI is InChI=1S/C7H9N3O2/c1-2-12-6-3-5(4-11)9-7(8)10-6/h3-4H,2H2,1H3,(H2,8,9,10). The zero-order valence-electron chi connectivity index (χ0n) is 6.65. The summed E-state index contributed by atoms with van der Waals surface area (Å²) in [5.41, 5.74) is 5.53. The van der Waals surface area contributed by atoms with Gasteiger partial charge in [-0.1, -0.05) is 0 Å². The molecule has 0 bridgehead atoms. The molecular weight excluding hydrogens is 158 g/mol. The van der Waals surface area contributed by atoms with Crippen LogP contribution >= 0.6 is 0 Å². The van der Waals surface area contributed by atoms with Crippen molar-refractivity contribution in [2.24, 2.45) is 0 Å². The fourth-order valence-electron chi connectivity index (χ4n) is 0.743. The monoisotopic (exact) mass is 167 g/mol. The second-order valence-electron chi connectivity index (χ2n) is 2.04. The van der Waals surface area contributed by atoms with E-state index in [4.69, 9.17) is 10.5 Å². The van der Waals surface area contributed by atoms with Gasteiger partial charge in [0.05, 0.1) is 6.61 Å². The van der Waals surface area contributed by atoms with E-state index in [0.717, 1.165) is 0 Å². The molecule has 1 heterocycles. The van der Waals surface area contributed by atoms with Crippen molar-refractivity contribution in [1.29, 1.82) is 0 Å². The maximum Gasteiger partial charge on any atom is 0.223 e. The minimum Gasteiger partial charge on any atom is -0.478 e. The highest BCUT2D eigenvalue weighted by Crippen LogP contribution is 2.08. The van der Waals surface area contributed by atoms with Crippen molar-refractivity contribution in [2.45, 2.75) is 6.92 Å². The van der Waals surface area contributed by atoms with E-state index in [-0.39, 0.29) is 11.6 Å². The average Bonchev–Trinajstić information content (AvgIpc) is 2.04. The van der Waals surface area contributed by atoms with Gasteiger partial charge in [-0.2, -0.15) is 4.98 Å². The topological polar surface area (TPSA) is 78.1 Å². The van der Waals surface area contributed by atoms with Gasteiger partial charge in [0.2, 0.25) is 11.8 Å². The molecule has 1 aromatic heterocycles. The first-order valence-corrected chi connectivity index (χ1v) is 3.48. The van der Waals surface area contributed by atoms with Crippen molar-refractivity contribution < 1.29 is 9.53 Å². The number of nitrogens with two attached hydrogens (primary N) is 1. The Morgan fingerprint density at radius 3 is 3.00 bits per heavy atom. The van der Waals surface area contributed by atoms with Crippen LogP contribution in [-0.4, -0.2) is 22.9 Å². The van der Waals surface area contributed by atoms with Crippen LogP contribution in [0.15, 0.2) is 6.07 Å². The molecule has 64 valence electrons. The van der Waals surface area contributed by atoms with Gasteiger partial charge in [-0.3, -0.25) is 4.79 Å². The number of anilines is 1. The summed E-state index contributed by atoms with van der Waals surface area (Å²) in [6, 6.07) is 1.44. The summed E-state index contributed by atoms with van der Waals surface area (Å²) in [5.74, 6) is 0.371. The molecule has 0 saturated heterocycles. The largest absolute Gasteiger partial charge is 0.478 e. The second kappa shape index (κ2) is 3.66. The van der Waals surface area contributed by atoms with Crippen LogP contribution in [0.1, 0.15) is 17.4 Å². The summed E-state index contributed by atoms with van der Waals surface area (Å²) in [6.45, 7) is 2.30. The Labute approximate surface area is 69.6 Å². The lowest BCUT2D eigenvalue weighted by molar-refractivity contribution is 0.111.